The number of benzene rings is 1. The molecule has 2 rings (SSSR count). The van der Waals surface area contributed by atoms with Gasteiger partial charge in [-0.15, -0.1) is 0 Å². The predicted molar refractivity (Wildman–Crippen MR) is 91.4 cm³/mol. The number of halogens is 1. The molecule has 0 heterocycles. The number of nitrogens with zero attached hydrogens (tertiary/aromatic N) is 2. The molecule has 7 heteroatoms. The van der Waals surface area contributed by atoms with Crippen LogP contribution in [0.5, 0.6) is 0 Å². The molecule has 5 nitrogen and oxygen atoms in total. The molecule has 0 saturated heterocycles. The van der Waals surface area contributed by atoms with Crippen LogP contribution in [0.25, 0.3) is 0 Å². The van der Waals surface area contributed by atoms with Crippen molar-refractivity contribution in [1.82, 2.24) is 4.90 Å². The molecule has 0 radical (unpaired) electrons. The first-order valence-electron chi connectivity index (χ1n) is 7.28. The maximum atomic E-state index is 12.5. The second-order valence-corrected chi connectivity index (χ2v) is 8.51. The predicted octanol–water partition coefficient (Wildman–Crippen LogP) is 2.62. The third kappa shape index (κ3) is 4.23. The Morgan fingerprint density at radius 1 is 1.32 bits per heavy atom. The van der Waals surface area contributed by atoms with Crippen LogP contribution in [0.15, 0.2) is 28.7 Å². The Bertz CT molecular complexity index is 642. The summed E-state index contributed by atoms with van der Waals surface area (Å²) in [5.74, 6) is -0.169. The summed E-state index contributed by atoms with van der Waals surface area (Å²) in [5.41, 5.74) is 0.491. The molecule has 1 saturated carbocycles. The summed E-state index contributed by atoms with van der Waals surface area (Å²) >= 11 is 3.33. The van der Waals surface area contributed by atoms with E-state index in [1.807, 2.05) is 6.07 Å². The van der Waals surface area contributed by atoms with Crippen LogP contribution in [0.3, 0.4) is 0 Å². The third-order valence-corrected chi connectivity index (χ3v) is 5.68. The Hall–Kier alpha value is -1.08. The van der Waals surface area contributed by atoms with Crippen molar-refractivity contribution in [3.63, 3.8) is 0 Å². The van der Waals surface area contributed by atoms with Gasteiger partial charge in [0.05, 0.1) is 11.9 Å². The van der Waals surface area contributed by atoms with E-state index in [1.165, 1.54) is 0 Å². The fourth-order valence-corrected chi connectivity index (χ4v) is 3.99. The van der Waals surface area contributed by atoms with Gasteiger partial charge in [-0.3, -0.25) is 9.10 Å². The highest BCUT2D eigenvalue weighted by Gasteiger charge is 2.27. The lowest BCUT2D eigenvalue weighted by Crippen LogP contribution is -2.44. The van der Waals surface area contributed by atoms with E-state index in [0.29, 0.717) is 5.69 Å². The minimum atomic E-state index is -3.52. The molecule has 0 N–H and O–H groups in total. The number of sulfonamides is 1. The van der Waals surface area contributed by atoms with E-state index in [9.17, 15) is 13.2 Å². The van der Waals surface area contributed by atoms with Crippen molar-refractivity contribution in [2.45, 2.75) is 31.7 Å². The van der Waals surface area contributed by atoms with Crippen LogP contribution in [0.1, 0.15) is 25.7 Å². The van der Waals surface area contributed by atoms with E-state index in [-0.39, 0.29) is 18.5 Å². The Kier molecular flexibility index (Phi) is 5.50. The molecule has 0 unspecified atom stereocenters. The Morgan fingerprint density at radius 2 is 1.95 bits per heavy atom. The minimum Gasteiger partial charge on any atom is -0.341 e. The molecule has 1 aromatic rings. The van der Waals surface area contributed by atoms with Crippen molar-refractivity contribution >= 4 is 37.5 Å². The maximum Gasteiger partial charge on any atom is 0.243 e. The zero-order chi connectivity index (χ0) is 16.3. The molecular weight excluding hydrogens is 368 g/mol. The molecule has 22 heavy (non-hydrogen) atoms. The summed E-state index contributed by atoms with van der Waals surface area (Å²) in [6, 6.07) is 7.19. The SMILES string of the molecule is CN(C(=O)CN(c1cccc(Br)c1)S(C)(=O)=O)C1CCCC1. The second kappa shape index (κ2) is 7.00. The highest BCUT2D eigenvalue weighted by Crippen LogP contribution is 2.25. The fraction of sp³-hybridized carbons (Fsp3) is 0.533. The number of anilines is 1. The average Bonchev–Trinajstić information content (AvgIpc) is 2.96. The van der Waals surface area contributed by atoms with E-state index in [2.05, 4.69) is 15.9 Å². The van der Waals surface area contributed by atoms with Gasteiger partial charge in [0.25, 0.3) is 0 Å². The second-order valence-electron chi connectivity index (χ2n) is 5.69. The molecule has 1 aliphatic carbocycles. The van der Waals surface area contributed by atoms with Gasteiger partial charge in [-0.1, -0.05) is 34.8 Å². The van der Waals surface area contributed by atoms with Crippen LogP contribution in [0.4, 0.5) is 5.69 Å². The Morgan fingerprint density at radius 3 is 2.50 bits per heavy atom. The molecule has 0 atom stereocenters. The van der Waals surface area contributed by atoms with E-state index in [4.69, 9.17) is 0 Å². The van der Waals surface area contributed by atoms with Gasteiger partial charge in [-0.05, 0) is 31.0 Å². The highest BCUT2D eigenvalue weighted by molar-refractivity contribution is 9.10. The molecule has 0 bridgehead atoms. The summed E-state index contributed by atoms with van der Waals surface area (Å²) in [6.07, 6.45) is 5.38. The highest BCUT2D eigenvalue weighted by atomic mass is 79.9. The largest absolute Gasteiger partial charge is 0.341 e. The smallest absolute Gasteiger partial charge is 0.243 e. The van der Waals surface area contributed by atoms with Crippen LogP contribution in [0, 0.1) is 0 Å². The van der Waals surface area contributed by atoms with Crippen molar-refractivity contribution in [3.8, 4) is 0 Å². The number of carbonyl (C=O) groups excluding carboxylic acids is 1. The quantitative estimate of drug-likeness (QED) is 0.778. The van der Waals surface area contributed by atoms with Crippen molar-refractivity contribution in [2.24, 2.45) is 0 Å². The number of hydrogen-bond acceptors (Lipinski definition) is 3. The third-order valence-electron chi connectivity index (χ3n) is 4.04. The van der Waals surface area contributed by atoms with E-state index >= 15 is 0 Å². The van der Waals surface area contributed by atoms with Gasteiger partial charge in [0.15, 0.2) is 0 Å². The monoisotopic (exact) mass is 388 g/mol. The van der Waals surface area contributed by atoms with E-state index in [1.54, 1.807) is 30.1 Å². The van der Waals surface area contributed by atoms with Crippen LogP contribution in [-0.4, -0.2) is 45.1 Å². The fourth-order valence-electron chi connectivity index (χ4n) is 2.76. The van der Waals surface area contributed by atoms with Crippen molar-refractivity contribution in [1.29, 1.82) is 0 Å². The van der Waals surface area contributed by atoms with Crippen LogP contribution >= 0.6 is 15.9 Å². The molecule has 1 amide bonds. The normalized spacial score (nSPS) is 15.8. The van der Waals surface area contributed by atoms with Gasteiger partial charge in [-0.25, -0.2) is 8.42 Å². The van der Waals surface area contributed by atoms with Gasteiger partial charge < -0.3 is 4.90 Å². The maximum absolute atomic E-state index is 12.5. The molecule has 0 aliphatic heterocycles. The van der Waals surface area contributed by atoms with Gasteiger partial charge >= 0.3 is 0 Å². The van der Waals surface area contributed by atoms with Gasteiger partial charge in [-0.2, -0.15) is 0 Å². The number of carbonyl (C=O) groups is 1. The van der Waals surface area contributed by atoms with Crippen molar-refractivity contribution in [3.05, 3.63) is 28.7 Å². The van der Waals surface area contributed by atoms with E-state index in [0.717, 1.165) is 40.7 Å². The first-order valence-corrected chi connectivity index (χ1v) is 9.92. The Labute approximate surface area is 140 Å². The van der Waals surface area contributed by atoms with Crippen LogP contribution < -0.4 is 4.31 Å². The van der Waals surface area contributed by atoms with Gasteiger partial charge in [0.1, 0.15) is 6.54 Å². The lowest BCUT2D eigenvalue weighted by Gasteiger charge is -2.28. The first-order chi connectivity index (χ1) is 10.3. The van der Waals surface area contributed by atoms with Crippen LogP contribution in [0.2, 0.25) is 0 Å². The van der Waals surface area contributed by atoms with Gasteiger partial charge in [0.2, 0.25) is 15.9 Å². The number of likely N-dealkylation sites (N-methyl/N-ethyl adjacent to an activating group) is 1. The summed E-state index contributed by atoms with van der Waals surface area (Å²) in [4.78, 5) is 14.2. The minimum absolute atomic E-state index is 0.164. The lowest BCUT2D eigenvalue weighted by atomic mass is 10.2. The zero-order valence-corrected chi connectivity index (χ0v) is 15.2. The molecule has 122 valence electrons. The molecule has 0 aromatic heterocycles. The topological polar surface area (TPSA) is 57.7 Å². The first kappa shape index (κ1) is 17.3. The van der Waals surface area contributed by atoms with Crippen molar-refractivity contribution in [2.75, 3.05) is 24.2 Å². The summed E-state index contributed by atoms with van der Waals surface area (Å²) < 4.78 is 26.1. The molecule has 1 aromatic carbocycles. The standard InChI is InChI=1S/C15H21BrN2O3S/c1-17(13-7-3-4-8-13)15(19)11-18(22(2,20)21)14-9-5-6-12(16)10-14/h5-6,9-10,13H,3-4,7-8,11H2,1-2H3. The molecule has 1 aliphatic rings. The van der Waals surface area contributed by atoms with Gasteiger partial charge in [0, 0.05) is 17.6 Å². The molecular formula is C15H21BrN2O3S. The Balaban J connectivity index is 2.18. The van der Waals surface area contributed by atoms with Crippen molar-refractivity contribution < 1.29 is 13.2 Å². The van der Waals surface area contributed by atoms with Crippen LogP contribution in [-0.2, 0) is 14.8 Å². The summed E-state index contributed by atoms with van der Waals surface area (Å²) in [5, 5.41) is 0. The number of amides is 1. The van der Waals surface area contributed by atoms with E-state index < -0.39 is 10.0 Å². The lowest BCUT2D eigenvalue weighted by molar-refractivity contribution is -0.130. The molecule has 1 fully saturated rings. The zero-order valence-electron chi connectivity index (χ0n) is 12.8. The number of rotatable bonds is 5. The average molecular weight is 389 g/mol. The molecule has 0 spiro atoms. The summed E-state index contributed by atoms with van der Waals surface area (Å²) in [6.45, 7) is -0.164. The summed E-state index contributed by atoms with van der Waals surface area (Å²) in [7, 11) is -1.76. The number of hydrogen-bond donors (Lipinski definition) is 0.